The number of amides is 1. The average Bonchev–Trinajstić information content (AvgIpc) is 2.78. The van der Waals surface area contributed by atoms with Crippen LogP contribution in [0.4, 0.5) is 5.69 Å². The van der Waals surface area contributed by atoms with E-state index in [0.29, 0.717) is 29.4 Å². The van der Waals surface area contributed by atoms with Gasteiger partial charge in [-0.2, -0.15) is 5.26 Å². The molecule has 31 heavy (non-hydrogen) atoms. The van der Waals surface area contributed by atoms with Crippen molar-refractivity contribution in [3.05, 3.63) is 92.4 Å². The highest BCUT2D eigenvalue weighted by atomic mass is 79.9. The summed E-state index contributed by atoms with van der Waals surface area (Å²) in [7, 11) is 1.56. The van der Waals surface area contributed by atoms with E-state index in [0.717, 1.165) is 14.5 Å². The fourth-order valence-corrected chi connectivity index (χ4v) is 3.21. The van der Waals surface area contributed by atoms with Crippen LogP contribution in [-0.2, 0) is 11.4 Å². The zero-order valence-electron chi connectivity index (χ0n) is 16.6. The van der Waals surface area contributed by atoms with Gasteiger partial charge in [0.05, 0.1) is 7.11 Å². The van der Waals surface area contributed by atoms with Crippen molar-refractivity contribution in [2.75, 3.05) is 12.4 Å². The van der Waals surface area contributed by atoms with Crippen LogP contribution in [0.2, 0.25) is 0 Å². The zero-order chi connectivity index (χ0) is 22.2. The summed E-state index contributed by atoms with van der Waals surface area (Å²) in [6, 6.07) is 22.1. The van der Waals surface area contributed by atoms with Gasteiger partial charge >= 0.3 is 0 Å². The average molecular weight is 542 g/mol. The van der Waals surface area contributed by atoms with Crippen LogP contribution >= 0.6 is 31.9 Å². The monoisotopic (exact) mass is 540 g/mol. The Labute approximate surface area is 197 Å². The number of benzene rings is 3. The lowest BCUT2D eigenvalue weighted by Gasteiger charge is -2.12. The molecule has 0 radical (unpaired) electrons. The van der Waals surface area contributed by atoms with E-state index in [-0.39, 0.29) is 5.57 Å². The maximum Gasteiger partial charge on any atom is 0.266 e. The number of halogens is 2. The predicted octanol–water partition coefficient (Wildman–Crippen LogP) is 6.34. The third kappa shape index (κ3) is 6.45. The third-order valence-electron chi connectivity index (χ3n) is 4.27. The summed E-state index contributed by atoms with van der Waals surface area (Å²) in [4.78, 5) is 12.5. The van der Waals surface area contributed by atoms with Crippen LogP contribution in [0.15, 0.2) is 81.2 Å². The van der Waals surface area contributed by atoms with Crippen LogP contribution in [0, 0.1) is 11.3 Å². The molecule has 0 saturated heterocycles. The molecule has 0 aliphatic rings. The van der Waals surface area contributed by atoms with E-state index in [1.165, 1.54) is 6.08 Å². The minimum absolute atomic E-state index is 0.0213. The molecule has 5 nitrogen and oxygen atoms in total. The molecule has 0 bridgehead atoms. The van der Waals surface area contributed by atoms with Crippen molar-refractivity contribution >= 4 is 49.5 Å². The van der Waals surface area contributed by atoms with Crippen molar-refractivity contribution in [3.63, 3.8) is 0 Å². The molecule has 7 heteroatoms. The van der Waals surface area contributed by atoms with Crippen LogP contribution in [0.1, 0.15) is 11.1 Å². The van der Waals surface area contributed by atoms with E-state index in [2.05, 4.69) is 37.2 Å². The summed E-state index contributed by atoms with van der Waals surface area (Å²) >= 11 is 6.76. The van der Waals surface area contributed by atoms with E-state index in [9.17, 15) is 10.1 Å². The lowest BCUT2D eigenvalue weighted by molar-refractivity contribution is -0.112. The van der Waals surface area contributed by atoms with E-state index < -0.39 is 5.91 Å². The Bertz CT molecular complexity index is 1130. The Morgan fingerprint density at radius 3 is 2.26 bits per heavy atom. The number of carbonyl (C=O) groups excluding carboxylic acids is 1. The van der Waals surface area contributed by atoms with Crippen molar-refractivity contribution in [1.29, 1.82) is 5.26 Å². The molecular weight excluding hydrogens is 524 g/mol. The molecule has 0 fully saturated rings. The topological polar surface area (TPSA) is 71.3 Å². The summed E-state index contributed by atoms with van der Waals surface area (Å²) in [5.74, 6) is 0.592. The largest absolute Gasteiger partial charge is 0.493 e. The molecule has 3 aromatic rings. The fourth-order valence-electron chi connectivity index (χ4n) is 2.68. The van der Waals surface area contributed by atoms with E-state index in [4.69, 9.17) is 9.47 Å². The highest BCUT2D eigenvalue weighted by Gasteiger charge is 2.11. The molecule has 0 spiro atoms. The molecule has 1 amide bonds. The van der Waals surface area contributed by atoms with E-state index in [1.807, 2.05) is 42.5 Å². The molecule has 0 atom stereocenters. The molecule has 0 aliphatic carbocycles. The van der Waals surface area contributed by atoms with Gasteiger partial charge in [-0.3, -0.25) is 4.79 Å². The van der Waals surface area contributed by atoms with Crippen LogP contribution in [0.3, 0.4) is 0 Å². The number of anilines is 1. The normalized spacial score (nSPS) is 10.8. The third-order valence-corrected chi connectivity index (χ3v) is 5.33. The second-order valence-electron chi connectivity index (χ2n) is 6.46. The van der Waals surface area contributed by atoms with Crippen molar-refractivity contribution in [2.45, 2.75) is 6.61 Å². The van der Waals surface area contributed by atoms with Gasteiger partial charge in [-0.25, -0.2) is 0 Å². The number of nitrogens with one attached hydrogen (secondary N) is 1. The van der Waals surface area contributed by atoms with E-state index in [1.54, 1.807) is 37.4 Å². The summed E-state index contributed by atoms with van der Waals surface area (Å²) in [5, 5.41) is 12.2. The lowest BCUT2D eigenvalue weighted by atomic mass is 10.1. The minimum atomic E-state index is -0.488. The molecule has 3 aromatic carbocycles. The Kier molecular flexibility index (Phi) is 7.88. The van der Waals surface area contributed by atoms with Gasteiger partial charge in [0.25, 0.3) is 5.91 Å². The lowest BCUT2D eigenvalue weighted by Crippen LogP contribution is -2.13. The first kappa shape index (κ1) is 22.6. The molecule has 0 aromatic heterocycles. The highest BCUT2D eigenvalue weighted by molar-refractivity contribution is 9.10. The quantitative estimate of drug-likeness (QED) is 0.279. The van der Waals surface area contributed by atoms with Crippen LogP contribution in [0.5, 0.6) is 11.5 Å². The molecule has 0 aliphatic heterocycles. The second-order valence-corrected chi connectivity index (χ2v) is 8.29. The second kappa shape index (κ2) is 10.8. The summed E-state index contributed by atoms with van der Waals surface area (Å²) < 4.78 is 13.2. The maximum atomic E-state index is 12.5. The Balaban J connectivity index is 1.78. The molecule has 156 valence electrons. The van der Waals surface area contributed by atoms with Crippen LogP contribution < -0.4 is 14.8 Å². The fraction of sp³-hybridized carbons (Fsp3) is 0.0833. The van der Waals surface area contributed by atoms with Gasteiger partial charge in [-0.1, -0.05) is 50.1 Å². The first-order valence-electron chi connectivity index (χ1n) is 9.22. The van der Waals surface area contributed by atoms with Gasteiger partial charge in [0.2, 0.25) is 0 Å². The SMILES string of the molecule is COc1ccc(/C=C(\C#N)C(=O)Nc2ccc(Br)cc2)cc1OCc1ccc(Br)cc1. The van der Waals surface area contributed by atoms with Crippen LogP contribution in [-0.4, -0.2) is 13.0 Å². The van der Waals surface area contributed by atoms with Crippen molar-refractivity contribution < 1.29 is 14.3 Å². The number of hydrogen-bond donors (Lipinski definition) is 1. The first-order valence-corrected chi connectivity index (χ1v) is 10.8. The van der Waals surface area contributed by atoms with Gasteiger partial charge in [-0.15, -0.1) is 0 Å². The smallest absolute Gasteiger partial charge is 0.266 e. The summed E-state index contributed by atoms with van der Waals surface area (Å²) in [6.45, 7) is 0.353. The number of nitriles is 1. The van der Waals surface area contributed by atoms with Gasteiger partial charge in [0.15, 0.2) is 11.5 Å². The standard InChI is InChI=1S/C24H18Br2N2O3/c1-30-22-11-4-17(13-23(22)31-15-16-2-5-19(25)6-3-16)12-18(14-27)24(29)28-21-9-7-20(26)8-10-21/h2-13H,15H2,1H3,(H,28,29)/b18-12+. The van der Waals surface area contributed by atoms with Crippen molar-refractivity contribution in [1.82, 2.24) is 0 Å². The van der Waals surface area contributed by atoms with Gasteiger partial charge in [0.1, 0.15) is 18.2 Å². The number of ether oxygens (including phenoxy) is 2. The molecule has 0 heterocycles. The number of hydrogen-bond acceptors (Lipinski definition) is 4. The molecular formula is C24H18Br2N2O3. The summed E-state index contributed by atoms with van der Waals surface area (Å²) in [6.07, 6.45) is 1.51. The molecule has 0 unspecified atom stereocenters. The van der Waals surface area contributed by atoms with Gasteiger partial charge in [0, 0.05) is 14.6 Å². The number of rotatable bonds is 7. The van der Waals surface area contributed by atoms with Crippen molar-refractivity contribution in [2.24, 2.45) is 0 Å². The Morgan fingerprint density at radius 2 is 1.65 bits per heavy atom. The van der Waals surface area contributed by atoms with Crippen molar-refractivity contribution in [3.8, 4) is 17.6 Å². The Hall–Kier alpha value is -3.08. The van der Waals surface area contributed by atoms with E-state index >= 15 is 0 Å². The summed E-state index contributed by atoms with van der Waals surface area (Å²) in [5.41, 5.74) is 2.22. The number of nitrogens with zero attached hydrogens (tertiary/aromatic N) is 1. The number of methoxy groups -OCH3 is 1. The van der Waals surface area contributed by atoms with Gasteiger partial charge in [-0.05, 0) is 65.7 Å². The molecule has 1 N–H and O–H groups in total. The van der Waals surface area contributed by atoms with Gasteiger partial charge < -0.3 is 14.8 Å². The predicted molar refractivity (Wildman–Crippen MR) is 128 cm³/mol. The van der Waals surface area contributed by atoms with Crippen LogP contribution in [0.25, 0.3) is 6.08 Å². The zero-order valence-corrected chi connectivity index (χ0v) is 19.7. The first-order chi connectivity index (χ1) is 15.0. The highest BCUT2D eigenvalue weighted by Crippen LogP contribution is 2.30. The maximum absolute atomic E-state index is 12.5. The molecule has 3 rings (SSSR count). The number of carbonyl (C=O) groups is 1. The molecule has 0 saturated carbocycles. The minimum Gasteiger partial charge on any atom is -0.493 e. The Morgan fingerprint density at radius 1 is 1.00 bits per heavy atom.